The van der Waals surface area contributed by atoms with Crippen LogP contribution in [-0.2, 0) is 6.54 Å². The molecular weight excluding hydrogens is 274 g/mol. The minimum atomic E-state index is 0.268. The van der Waals surface area contributed by atoms with Gasteiger partial charge >= 0.3 is 0 Å². The van der Waals surface area contributed by atoms with Gasteiger partial charge < -0.3 is 14.9 Å². The number of rotatable bonds is 6. The first-order valence-electron chi connectivity index (χ1n) is 7.29. The molecule has 1 saturated heterocycles. The average molecular weight is 298 g/mol. The van der Waals surface area contributed by atoms with Crippen LogP contribution in [0.5, 0.6) is 0 Å². The van der Waals surface area contributed by atoms with E-state index in [1.807, 2.05) is 12.3 Å². The molecule has 0 aromatic carbocycles. The summed E-state index contributed by atoms with van der Waals surface area (Å²) in [6.45, 7) is 5.24. The summed E-state index contributed by atoms with van der Waals surface area (Å²) in [5.74, 6) is 0.741. The van der Waals surface area contributed by atoms with Gasteiger partial charge in [0.1, 0.15) is 0 Å². The van der Waals surface area contributed by atoms with Gasteiger partial charge in [0.15, 0.2) is 0 Å². The van der Waals surface area contributed by atoms with Crippen molar-refractivity contribution in [2.45, 2.75) is 19.4 Å². The molecule has 112 valence electrons. The minimum absolute atomic E-state index is 0.268. The number of piperidine rings is 1. The molecule has 1 aromatic heterocycles. The van der Waals surface area contributed by atoms with Gasteiger partial charge in [-0.05, 0) is 45.0 Å². The second-order valence-corrected chi connectivity index (χ2v) is 6.08. The molecule has 2 rings (SSSR count). The summed E-state index contributed by atoms with van der Waals surface area (Å²) in [6, 6.07) is 1.85. The molecule has 0 bridgehead atoms. The molecule has 0 radical (unpaired) electrons. The highest BCUT2D eigenvalue weighted by atomic mass is 35.5. The lowest BCUT2D eigenvalue weighted by molar-refractivity contribution is 0.129. The number of β-amino-alcohol motifs (C(OH)–C–C–N with tert-alkyl or cyclic N) is 1. The fraction of sp³-hybridized carbons (Fsp3) is 0.667. The van der Waals surface area contributed by atoms with E-state index in [0.29, 0.717) is 0 Å². The van der Waals surface area contributed by atoms with Gasteiger partial charge in [0.05, 0.1) is 6.61 Å². The average Bonchev–Trinajstić information content (AvgIpc) is 2.44. The van der Waals surface area contributed by atoms with Crippen LogP contribution >= 0.6 is 11.6 Å². The van der Waals surface area contributed by atoms with Crippen molar-refractivity contribution in [1.29, 1.82) is 0 Å². The fourth-order valence-electron chi connectivity index (χ4n) is 2.86. The Bertz CT molecular complexity index is 408. The van der Waals surface area contributed by atoms with Crippen LogP contribution in [0.15, 0.2) is 18.5 Å². The van der Waals surface area contributed by atoms with Gasteiger partial charge in [-0.1, -0.05) is 11.6 Å². The number of halogens is 1. The molecule has 0 aliphatic carbocycles. The quantitative estimate of drug-likeness (QED) is 0.870. The van der Waals surface area contributed by atoms with E-state index in [9.17, 15) is 0 Å². The summed E-state index contributed by atoms with van der Waals surface area (Å²) in [5.41, 5.74) is 1.09. The number of likely N-dealkylation sites (tertiary alicyclic amines) is 1. The monoisotopic (exact) mass is 297 g/mol. The van der Waals surface area contributed by atoms with Crippen molar-refractivity contribution in [3.63, 3.8) is 0 Å². The first-order valence-corrected chi connectivity index (χ1v) is 7.67. The summed E-state index contributed by atoms with van der Waals surface area (Å²) in [5, 5.41) is 9.75. The number of aliphatic hydroxyl groups excluding tert-OH is 1. The highest BCUT2D eigenvalue weighted by molar-refractivity contribution is 6.31. The Morgan fingerprint density at radius 3 is 2.85 bits per heavy atom. The second kappa shape index (κ2) is 7.93. The van der Waals surface area contributed by atoms with Crippen LogP contribution in [0, 0.1) is 5.92 Å². The third-order valence-corrected chi connectivity index (χ3v) is 4.35. The summed E-state index contributed by atoms with van der Waals surface area (Å²) in [4.78, 5) is 8.80. The Labute approximate surface area is 126 Å². The Hall–Kier alpha value is -0.680. The minimum Gasteiger partial charge on any atom is -0.395 e. The lowest BCUT2D eigenvalue weighted by atomic mass is 9.96. The second-order valence-electron chi connectivity index (χ2n) is 5.67. The van der Waals surface area contributed by atoms with E-state index in [1.54, 1.807) is 6.20 Å². The van der Waals surface area contributed by atoms with Crippen LogP contribution in [-0.4, -0.2) is 59.7 Å². The maximum Gasteiger partial charge on any atom is 0.0558 e. The van der Waals surface area contributed by atoms with E-state index in [0.717, 1.165) is 49.2 Å². The standard InChI is InChI=1S/C15H24ClN3O/c1-18(12-14-10-17-5-2-15(14)16)11-13-3-6-19(7-4-13)8-9-20/h2,5,10,13,20H,3-4,6-9,11-12H2,1H3. The predicted octanol–water partition coefficient (Wildman–Crippen LogP) is 1.87. The topological polar surface area (TPSA) is 39.6 Å². The van der Waals surface area contributed by atoms with E-state index in [-0.39, 0.29) is 6.61 Å². The summed E-state index contributed by atoms with van der Waals surface area (Å²) < 4.78 is 0. The van der Waals surface area contributed by atoms with Gasteiger partial charge in [-0.3, -0.25) is 4.98 Å². The SMILES string of the molecule is CN(Cc1cnccc1Cl)CC1CCN(CCO)CC1. The maximum atomic E-state index is 8.95. The number of pyridine rings is 1. The highest BCUT2D eigenvalue weighted by Gasteiger charge is 2.20. The lowest BCUT2D eigenvalue weighted by Crippen LogP contribution is -2.38. The van der Waals surface area contributed by atoms with Crippen LogP contribution in [0.3, 0.4) is 0 Å². The molecule has 20 heavy (non-hydrogen) atoms. The number of aromatic nitrogens is 1. The van der Waals surface area contributed by atoms with Crippen molar-refractivity contribution in [3.05, 3.63) is 29.0 Å². The molecule has 0 amide bonds. The molecule has 0 unspecified atom stereocenters. The number of nitrogens with zero attached hydrogens (tertiary/aromatic N) is 3. The molecule has 1 aromatic rings. The van der Waals surface area contributed by atoms with Gasteiger partial charge in [0.25, 0.3) is 0 Å². The zero-order chi connectivity index (χ0) is 14.4. The van der Waals surface area contributed by atoms with Crippen LogP contribution < -0.4 is 0 Å². The van der Waals surface area contributed by atoms with Crippen LogP contribution in [0.1, 0.15) is 18.4 Å². The Morgan fingerprint density at radius 2 is 2.20 bits per heavy atom. The Balaban J connectivity index is 1.75. The smallest absolute Gasteiger partial charge is 0.0558 e. The molecule has 1 aliphatic heterocycles. The van der Waals surface area contributed by atoms with E-state index in [2.05, 4.69) is 21.8 Å². The number of aliphatic hydroxyl groups is 1. The van der Waals surface area contributed by atoms with Crippen molar-refractivity contribution < 1.29 is 5.11 Å². The summed E-state index contributed by atoms with van der Waals surface area (Å²) in [7, 11) is 2.14. The van der Waals surface area contributed by atoms with E-state index in [1.165, 1.54) is 12.8 Å². The molecule has 0 atom stereocenters. The number of hydrogen-bond acceptors (Lipinski definition) is 4. The van der Waals surface area contributed by atoms with Crippen LogP contribution in [0.25, 0.3) is 0 Å². The van der Waals surface area contributed by atoms with Crippen molar-refractivity contribution in [2.24, 2.45) is 5.92 Å². The molecular formula is C15H24ClN3O. The predicted molar refractivity (Wildman–Crippen MR) is 81.8 cm³/mol. The summed E-state index contributed by atoms with van der Waals surface area (Å²) >= 11 is 6.17. The van der Waals surface area contributed by atoms with Crippen molar-refractivity contribution in [3.8, 4) is 0 Å². The van der Waals surface area contributed by atoms with Gasteiger partial charge in [0, 0.05) is 42.6 Å². The maximum absolute atomic E-state index is 8.95. The molecule has 0 saturated carbocycles. The van der Waals surface area contributed by atoms with E-state index in [4.69, 9.17) is 16.7 Å². The molecule has 1 fully saturated rings. The van der Waals surface area contributed by atoms with Crippen molar-refractivity contribution >= 4 is 11.6 Å². The molecule has 5 heteroatoms. The molecule has 1 N–H and O–H groups in total. The van der Waals surface area contributed by atoms with Gasteiger partial charge in [-0.2, -0.15) is 0 Å². The summed E-state index contributed by atoms with van der Waals surface area (Å²) in [6.07, 6.45) is 6.00. The lowest BCUT2D eigenvalue weighted by Gasteiger charge is -2.33. The van der Waals surface area contributed by atoms with Crippen molar-refractivity contribution in [1.82, 2.24) is 14.8 Å². The van der Waals surface area contributed by atoms with E-state index < -0.39 is 0 Å². The van der Waals surface area contributed by atoms with Gasteiger partial charge in [-0.25, -0.2) is 0 Å². The Morgan fingerprint density at radius 1 is 1.45 bits per heavy atom. The van der Waals surface area contributed by atoms with Crippen LogP contribution in [0.2, 0.25) is 5.02 Å². The zero-order valence-electron chi connectivity index (χ0n) is 12.1. The third-order valence-electron chi connectivity index (χ3n) is 3.98. The van der Waals surface area contributed by atoms with Crippen molar-refractivity contribution in [2.75, 3.05) is 39.8 Å². The molecule has 0 spiro atoms. The third kappa shape index (κ3) is 4.70. The van der Waals surface area contributed by atoms with E-state index >= 15 is 0 Å². The first-order chi connectivity index (χ1) is 9.69. The van der Waals surface area contributed by atoms with Crippen LogP contribution in [0.4, 0.5) is 0 Å². The molecule has 1 aliphatic rings. The number of hydrogen-bond donors (Lipinski definition) is 1. The molecule has 4 nitrogen and oxygen atoms in total. The van der Waals surface area contributed by atoms with Gasteiger partial charge in [0.2, 0.25) is 0 Å². The zero-order valence-corrected chi connectivity index (χ0v) is 12.9. The van der Waals surface area contributed by atoms with Gasteiger partial charge in [-0.15, -0.1) is 0 Å². The Kier molecular flexibility index (Phi) is 6.23. The molecule has 2 heterocycles. The normalized spacial score (nSPS) is 17.8. The highest BCUT2D eigenvalue weighted by Crippen LogP contribution is 2.20. The fourth-order valence-corrected chi connectivity index (χ4v) is 3.02. The largest absolute Gasteiger partial charge is 0.395 e. The first kappa shape index (κ1) is 15.7.